The van der Waals surface area contributed by atoms with Crippen molar-refractivity contribution in [2.24, 2.45) is 5.92 Å². The number of aromatic nitrogens is 2. The van der Waals surface area contributed by atoms with Gasteiger partial charge in [-0.1, -0.05) is 29.8 Å². The second-order valence-electron chi connectivity index (χ2n) is 7.59. The van der Waals surface area contributed by atoms with Crippen molar-refractivity contribution in [1.29, 1.82) is 0 Å². The molecule has 1 aliphatic rings. The number of likely N-dealkylation sites (tertiary alicyclic amines) is 1. The normalized spacial score (nSPS) is 16.2. The first-order valence-electron chi connectivity index (χ1n) is 10.1. The molecule has 0 radical (unpaired) electrons. The van der Waals surface area contributed by atoms with Crippen LogP contribution in [-0.4, -0.2) is 39.6 Å². The molecule has 0 bridgehead atoms. The van der Waals surface area contributed by atoms with Crippen LogP contribution >= 0.6 is 11.6 Å². The van der Waals surface area contributed by atoms with Gasteiger partial charge in [-0.25, -0.2) is 9.07 Å². The summed E-state index contributed by atoms with van der Waals surface area (Å²) in [5, 5.41) is 7.46. The molecule has 1 aliphatic heterocycles. The third-order valence-corrected chi connectivity index (χ3v) is 5.76. The number of nitrogens with zero attached hydrogens (tertiary/aromatic N) is 3. The van der Waals surface area contributed by atoms with Gasteiger partial charge in [0.15, 0.2) is 0 Å². The average Bonchev–Trinajstić information content (AvgIpc) is 3.08. The molecule has 160 valence electrons. The number of amides is 2. The zero-order valence-corrected chi connectivity index (χ0v) is 17.8. The third-order valence-electron chi connectivity index (χ3n) is 5.41. The van der Waals surface area contributed by atoms with Crippen molar-refractivity contribution in [1.82, 2.24) is 14.7 Å². The molecule has 6 nitrogen and oxygen atoms in total. The number of nitrogens with one attached hydrogen (secondary N) is 1. The minimum absolute atomic E-state index is 0.103. The molecule has 1 N–H and O–H groups in total. The van der Waals surface area contributed by atoms with Crippen molar-refractivity contribution in [3.8, 4) is 5.69 Å². The summed E-state index contributed by atoms with van der Waals surface area (Å²) >= 11 is 6.50. The summed E-state index contributed by atoms with van der Waals surface area (Å²) in [5.41, 5.74) is 2.08. The molecule has 8 heteroatoms. The number of hydrogen-bond donors (Lipinski definition) is 1. The Kier molecular flexibility index (Phi) is 6.04. The Morgan fingerprint density at radius 2 is 1.84 bits per heavy atom. The molecule has 2 heterocycles. The molecule has 1 atom stereocenters. The van der Waals surface area contributed by atoms with Crippen LogP contribution in [0.15, 0.2) is 54.6 Å². The van der Waals surface area contributed by atoms with Gasteiger partial charge < -0.3 is 10.2 Å². The summed E-state index contributed by atoms with van der Waals surface area (Å²) in [6.45, 7) is 2.57. The Hall–Kier alpha value is -3.19. The van der Waals surface area contributed by atoms with Crippen molar-refractivity contribution in [3.05, 3.63) is 76.8 Å². The van der Waals surface area contributed by atoms with Crippen LogP contribution in [0.2, 0.25) is 5.15 Å². The fourth-order valence-electron chi connectivity index (χ4n) is 3.79. The fourth-order valence-corrected chi connectivity index (χ4v) is 4.15. The Labute approximate surface area is 184 Å². The molecule has 1 saturated heterocycles. The predicted molar refractivity (Wildman–Crippen MR) is 117 cm³/mol. The molecule has 2 amide bonds. The maximum absolute atomic E-state index is 13.3. The molecule has 2 aromatic carbocycles. The van der Waals surface area contributed by atoms with Crippen LogP contribution in [0.1, 0.15) is 28.9 Å². The summed E-state index contributed by atoms with van der Waals surface area (Å²) in [5.74, 6) is -1.03. The van der Waals surface area contributed by atoms with Crippen molar-refractivity contribution >= 4 is 29.1 Å². The lowest BCUT2D eigenvalue weighted by Crippen LogP contribution is -2.44. The van der Waals surface area contributed by atoms with E-state index in [2.05, 4.69) is 10.4 Å². The Morgan fingerprint density at radius 1 is 1.13 bits per heavy atom. The number of aryl methyl sites for hydroxylation is 1. The van der Waals surface area contributed by atoms with E-state index in [1.165, 1.54) is 16.8 Å². The second kappa shape index (κ2) is 8.89. The van der Waals surface area contributed by atoms with E-state index >= 15 is 0 Å². The standard InChI is InChI=1S/C23H22ClFN4O2/c1-15-20(21(24)29(27-15)19-11-9-17(25)10-12-19)23(31)28-13-5-6-16(14-28)22(30)26-18-7-3-2-4-8-18/h2-4,7-12,16H,5-6,13-14H2,1H3,(H,26,30). The van der Waals surface area contributed by atoms with E-state index in [1.807, 2.05) is 30.3 Å². The van der Waals surface area contributed by atoms with Gasteiger partial charge in [0.1, 0.15) is 11.0 Å². The van der Waals surface area contributed by atoms with Gasteiger partial charge >= 0.3 is 0 Å². The monoisotopic (exact) mass is 440 g/mol. The van der Waals surface area contributed by atoms with Gasteiger partial charge in [-0.15, -0.1) is 0 Å². The number of anilines is 1. The number of para-hydroxylation sites is 1. The summed E-state index contributed by atoms with van der Waals surface area (Å²) in [7, 11) is 0. The van der Waals surface area contributed by atoms with E-state index in [0.717, 1.165) is 12.1 Å². The van der Waals surface area contributed by atoms with Gasteiger partial charge in [-0.05, 0) is 56.2 Å². The fraction of sp³-hybridized carbons (Fsp3) is 0.261. The van der Waals surface area contributed by atoms with Gasteiger partial charge in [0.25, 0.3) is 5.91 Å². The maximum Gasteiger partial charge on any atom is 0.258 e. The first kappa shape index (κ1) is 21.1. The molecule has 0 aliphatic carbocycles. The number of carbonyl (C=O) groups is 2. The van der Waals surface area contributed by atoms with Crippen LogP contribution in [0.5, 0.6) is 0 Å². The lowest BCUT2D eigenvalue weighted by molar-refractivity contribution is -0.121. The number of hydrogen-bond acceptors (Lipinski definition) is 3. The molecule has 1 unspecified atom stereocenters. The highest BCUT2D eigenvalue weighted by Gasteiger charge is 2.32. The minimum Gasteiger partial charge on any atom is -0.338 e. The summed E-state index contributed by atoms with van der Waals surface area (Å²) < 4.78 is 14.7. The van der Waals surface area contributed by atoms with Crippen LogP contribution in [0.3, 0.4) is 0 Å². The van der Waals surface area contributed by atoms with Crippen LogP contribution in [0, 0.1) is 18.7 Å². The van der Waals surface area contributed by atoms with Gasteiger partial charge in [0, 0.05) is 18.8 Å². The molecule has 1 aromatic heterocycles. The number of piperidine rings is 1. The lowest BCUT2D eigenvalue weighted by Gasteiger charge is -2.32. The number of carbonyl (C=O) groups excluding carboxylic acids is 2. The second-order valence-corrected chi connectivity index (χ2v) is 7.94. The maximum atomic E-state index is 13.3. The van der Waals surface area contributed by atoms with E-state index in [1.54, 1.807) is 24.0 Å². The Bertz CT molecular complexity index is 1100. The van der Waals surface area contributed by atoms with Gasteiger partial charge in [-0.2, -0.15) is 5.10 Å². The molecule has 0 spiro atoms. The van der Waals surface area contributed by atoms with Crippen LogP contribution in [0.4, 0.5) is 10.1 Å². The van der Waals surface area contributed by atoms with Crippen molar-refractivity contribution in [3.63, 3.8) is 0 Å². The number of rotatable bonds is 4. The van der Waals surface area contributed by atoms with E-state index in [-0.39, 0.29) is 28.7 Å². The SMILES string of the molecule is Cc1nn(-c2ccc(F)cc2)c(Cl)c1C(=O)N1CCCC(C(=O)Nc2ccccc2)C1. The van der Waals surface area contributed by atoms with Gasteiger partial charge in [0.05, 0.1) is 22.9 Å². The number of benzene rings is 2. The van der Waals surface area contributed by atoms with Gasteiger partial charge in [-0.3, -0.25) is 9.59 Å². The molecule has 0 saturated carbocycles. The molecule has 1 fully saturated rings. The summed E-state index contributed by atoms with van der Waals surface area (Å²) in [4.78, 5) is 27.6. The van der Waals surface area contributed by atoms with Crippen molar-refractivity contribution in [2.45, 2.75) is 19.8 Å². The van der Waals surface area contributed by atoms with E-state index in [4.69, 9.17) is 11.6 Å². The third kappa shape index (κ3) is 4.46. The molecular weight excluding hydrogens is 419 g/mol. The zero-order valence-electron chi connectivity index (χ0n) is 17.0. The smallest absolute Gasteiger partial charge is 0.258 e. The van der Waals surface area contributed by atoms with E-state index in [0.29, 0.717) is 36.5 Å². The van der Waals surface area contributed by atoms with Crippen LogP contribution in [-0.2, 0) is 4.79 Å². The van der Waals surface area contributed by atoms with Crippen molar-refractivity contribution < 1.29 is 14.0 Å². The minimum atomic E-state index is -0.367. The quantitative estimate of drug-likeness (QED) is 0.651. The zero-order chi connectivity index (χ0) is 22.0. The van der Waals surface area contributed by atoms with E-state index < -0.39 is 0 Å². The summed E-state index contributed by atoms with van der Waals surface area (Å²) in [6, 6.07) is 15.0. The summed E-state index contributed by atoms with van der Waals surface area (Å²) in [6.07, 6.45) is 1.44. The van der Waals surface area contributed by atoms with Gasteiger partial charge in [0.2, 0.25) is 5.91 Å². The molecular formula is C23H22ClFN4O2. The molecule has 31 heavy (non-hydrogen) atoms. The highest BCUT2D eigenvalue weighted by molar-refractivity contribution is 6.33. The highest BCUT2D eigenvalue weighted by atomic mass is 35.5. The average molecular weight is 441 g/mol. The lowest BCUT2D eigenvalue weighted by atomic mass is 9.96. The van der Waals surface area contributed by atoms with Crippen molar-refractivity contribution in [2.75, 3.05) is 18.4 Å². The van der Waals surface area contributed by atoms with E-state index in [9.17, 15) is 14.0 Å². The first-order valence-corrected chi connectivity index (χ1v) is 10.5. The Balaban J connectivity index is 1.51. The predicted octanol–water partition coefficient (Wildman–Crippen LogP) is 4.46. The molecule has 3 aromatic rings. The number of halogens is 2. The Morgan fingerprint density at radius 3 is 2.55 bits per heavy atom. The largest absolute Gasteiger partial charge is 0.338 e. The first-order chi connectivity index (χ1) is 14.9. The molecule has 4 rings (SSSR count). The highest BCUT2D eigenvalue weighted by Crippen LogP contribution is 2.27. The topological polar surface area (TPSA) is 67.2 Å². The van der Waals surface area contributed by atoms with Crippen LogP contribution in [0.25, 0.3) is 5.69 Å². The van der Waals surface area contributed by atoms with Crippen LogP contribution < -0.4 is 5.32 Å².